The van der Waals surface area contributed by atoms with Crippen molar-refractivity contribution >= 4 is 21.8 Å². The van der Waals surface area contributed by atoms with E-state index in [1.165, 1.54) is 6.08 Å². The van der Waals surface area contributed by atoms with Crippen LogP contribution >= 0.6 is 0 Å². The van der Waals surface area contributed by atoms with Gasteiger partial charge in [0.15, 0.2) is 9.84 Å². The summed E-state index contributed by atoms with van der Waals surface area (Å²) in [4.78, 5) is 18.5. The van der Waals surface area contributed by atoms with Crippen LogP contribution in [0.3, 0.4) is 0 Å². The Morgan fingerprint density at radius 3 is 2.70 bits per heavy atom. The smallest absolute Gasteiger partial charge is 0.246 e. The number of carbonyl (C=O) groups is 1. The summed E-state index contributed by atoms with van der Waals surface area (Å²) in [6.07, 6.45) is 9.12. The van der Waals surface area contributed by atoms with Gasteiger partial charge in [-0.05, 0) is 42.7 Å². The van der Waals surface area contributed by atoms with E-state index in [1.807, 2.05) is 36.4 Å². The van der Waals surface area contributed by atoms with E-state index in [-0.39, 0.29) is 23.5 Å². The summed E-state index contributed by atoms with van der Waals surface area (Å²) >= 11 is 0. The van der Waals surface area contributed by atoms with Crippen LogP contribution in [0.5, 0.6) is 5.75 Å². The number of pyridine rings is 1. The predicted octanol–water partition coefficient (Wildman–Crippen LogP) is 3.49. The average Bonchev–Trinajstić information content (AvgIpc) is 3.12. The van der Waals surface area contributed by atoms with Gasteiger partial charge in [0.2, 0.25) is 5.91 Å². The van der Waals surface area contributed by atoms with Crippen molar-refractivity contribution in [1.29, 1.82) is 0 Å². The molecule has 2 heterocycles. The number of hydrogen-bond donors (Lipinski definition) is 0. The maximum atomic E-state index is 12.8. The molecule has 1 atom stereocenters. The zero-order valence-electron chi connectivity index (χ0n) is 17.2. The highest BCUT2D eigenvalue weighted by Crippen LogP contribution is 2.20. The third-order valence-corrected chi connectivity index (χ3v) is 6.86. The molecule has 1 aromatic carbocycles. The molecule has 1 aliphatic rings. The van der Waals surface area contributed by atoms with E-state index in [4.69, 9.17) is 4.74 Å². The molecule has 6 nitrogen and oxygen atoms in total. The predicted molar refractivity (Wildman–Crippen MR) is 118 cm³/mol. The Labute approximate surface area is 178 Å². The second kappa shape index (κ2) is 10.4. The Balaban J connectivity index is 1.59. The molecule has 1 aromatic heterocycles. The third-order valence-electron chi connectivity index (χ3n) is 5.11. The van der Waals surface area contributed by atoms with Gasteiger partial charge < -0.3 is 9.64 Å². The number of amides is 1. The molecule has 0 radical (unpaired) electrons. The molecule has 2 aromatic rings. The lowest BCUT2D eigenvalue weighted by molar-refractivity contribution is -0.127. The summed E-state index contributed by atoms with van der Waals surface area (Å²) in [6.45, 7) is 3.08. The largest absolute Gasteiger partial charge is 0.489 e. The standard InChI is InChI=1S/C23H28N2O4S/c1-2-3-14-25(21-12-15-30(27,28)18-21)23(26)11-8-19-6-9-22(10-7-19)29-17-20-5-4-13-24-16-20/h4-11,13,16,21H,2-3,12,14-15,17-18H2,1H3/b11-8+. The minimum Gasteiger partial charge on any atom is -0.489 e. The first-order chi connectivity index (χ1) is 14.5. The van der Waals surface area contributed by atoms with Crippen molar-refractivity contribution in [1.82, 2.24) is 9.88 Å². The highest BCUT2D eigenvalue weighted by atomic mass is 32.2. The molecular weight excluding hydrogens is 400 g/mol. The van der Waals surface area contributed by atoms with Gasteiger partial charge in [0.05, 0.1) is 11.5 Å². The van der Waals surface area contributed by atoms with Crippen molar-refractivity contribution in [2.24, 2.45) is 0 Å². The van der Waals surface area contributed by atoms with Gasteiger partial charge in [0.25, 0.3) is 0 Å². The van der Waals surface area contributed by atoms with Crippen molar-refractivity contribution in [3.63, 3.8) is 0 Å². The Morgan fingerprint density at radius 2 is 2.07 bits per heavy atom. The normalized spacial score (nSPS) is 17.8. The van der Waals surface area contributed by atoms with Crippen LogP contribution in [0.1, 0.15) is 37.3 Å². The molecule has 0 bridgehead atoms. The first-order valence-corrected chi connectivity index (χ1v) is 12.1. The number of ether oxygens (including phenoxy) is 1. The summed E-state index contributed by atoms with van der Waals surface area (Å²) in [5, 5.41) is 0. The van der Waals surface area contributed by atoms with Crippen molar-refractivity contribution in [3.05, 3.63) is 66.0 Å². The maximum absolute atomic E-state index is 12.8. The van der Waals surface area contributed by atoms with Crippen LogP contribution in [0.4, 0.5) is 0 Å². The van der Waals surface area contributed by atoms with Crippen molar-refractivity contribution in [2.75, 3.05) is 18.1 Å². The number of unbranched alkanes of at least 4 members (excludes halogenated alkanes) is 1. The monoisotopic (exact) mass is 428 g/mol. The zero-order valence-corrected chi connectivity index (χ0v) is 18.1. The van der Waals surface area contributed by atoms with E-state index >= 15 is 0 Å². The topological polar surface area (TPSA) is 76.6 Å². The fraction of sp³-hybridized carbons (Fsp3) is 0.391. The Morgan fingerprint density at radius 1 is 1.27 bits per heavy atom. The summed E-state index contributed by atoms with van der Waals surface area (Å²) in [7, 11) is -3.03. The van der Waals surface area contributed by atoms with Crippen LogP contribution < -0.4 is 4.74 Å². The summed E-state index contributed by atoms with van der Waals surface area (Å²) in [5.41, 5.74) is 1.87. The molecule has 1 unspecified atom stereocenters. The van der Waals surface area contributed by atoms with E-state index in [0.717, 1.165) is 29.7 Å². The van der Waals surface area contributed by atoms with E-state index in [0.29, 0.717) is 19.6 Å². The van der Waals surface area contributed by atoms with Gasteiger partial charge >= 0.3 is 0 Å². The van der Waals surface area contributed by atoms with E-state index < -0.39 is 9.84 Å². The van der Waals surface area contributed by atoms with Crippen LogP contribution in [0.2, 0.25) is 0 Å². The highest BCUT2D eigenvalue weighted by molar-refractivity contribution is 7.91. The third kappa shape index (κ3) is 6.42. The molecule has 1 saturated heterocycles. The SMILES string of the molecule is CCCCN(C(=O)/C=C/c1ccc(OCc2cccnc2)cc1)C1CCS(=O)(=O)C1. The molecule has 30 heavy (non-hydrogen) atoms. The van der Waals surface area contributed by atoms with Crippen molar-refractivity contribution < 1.29 is 17.9 Å². The Kier molecular flexibility index (Phi) is 7.63. The number of nitrogens with zero attached hydrogens (tertiary/aromatic N) is 2. The number of benzene rings is 1. The minimum atomic E-state index is -3.03. The molecule has 1 aliphatic heterocycles. The van der Waals surface area contributed by atoms with Gasteiger partial charge in [0.1, 0.15) is 12.4 Å². The number of hydrogen-bond acceptors (Lipinski definition) is 5. The summed E-state index contributed by atoms with van der Waals surface area (Å²) in [5.74, 6) is 0.836. The van der Waals surface area contributed by atoms with Gasteiger partial charge in [-0.15, -0.1) is 0 Å². The molecule has 160 valence electrons. The van der Waals surface area contributed by atoms with Gasteiger partial charge in [0, 0.05) is 36.6 Å². The first-order valence-electron chi connectivity index (χ1n) is 10.3. The molecule has 0 saturated carbocycles. The van der Waals surface area contributed by atoms with Gasteiger partial charge in [-0.3, -0.25) is 9.78 Å². The molecule has 1 fully saturated rings. The first kappa shape index (κ1) is 22.0. The fourth-order valence-corrected chi connectivity index (χ4v) is 5.14. The average molecular weight is 429 g/mol. The van der Waals surface area contributed by atoms with E-state index in [2.05, 4.69) is 11.9 Å². The second-order valence-corrected chi connectivity index (χ2v) is 9.72. The highest BCUT2D eigenvalue weighted by Gasteiger charge is 2.33. The summed E-state index contributed by atoms with van der Waals surface area (Å²) < 4.78 is 29.4. The van der Waals surface area contributed by atoms with Gasteiger partial charge in [-0.25, -0.2) is 8.42 Å². The zero-order chi connectivity index (χ0) is 21.4. The van der Waals surface area contributed by atoms with Gasteiger partial charge in [-0.2, -0.15) is 0 Å². The second-order valence-electron chi connectivity index (χ2n) is 7.49. The molecule has 7 heteroatoms. The fourth-order valence-electron chi connectivity index (χ4n) is 3.41. The maximum Gasteiger partial charge on any atom is 0.246 e. The van der Waals surface area contributed by atoms with Crippen molar-refractivity contribution in [2.45, 2.75) is 38.8 Å². The summed E-state index contributed by atoms with van der Waals surface area (Å²) in [6, 6.07) is 11.1. The van der Waals surface area contributed by atoms with E-state index in [1.54, 1.807) is 23.4 Å². The van der Waals surface area contributed by atoms with Crippen LogP contribution in [-0.2, 0) is 21.2 Å². The number of sulfone groups is 1. The molecule has 0 N–H and O–H groups in total. The number of rotatable bonds is 9. The Bertz CT molecular complexity index is 956. The lowest BCUT2D eigenvalue weighted by Crippen LogP contribution is -2.40. The number of carbonyl (C=O) groups excluding carboxylic acids is 1. The Hall–Kier alpha value is -2.67. The molecule has 0 spiro atoms. The van der Waals surface area contributed by atoms with Crippen LogP contribution in [0.15, 0.2) is 54.9 Å². The minimum absolute atomic E-state index is 0.0687. The number of aromatic nitrogens is 1. The van der Waals surface area contributed by atoms with Gasteiger partial charge in [-0.1, -0.05) is 31.5 Å². The lowest BCUT2D eigenvalue weighted by Gasteiger charge is -2.27. The quantitative estimate of drug-likeness (QED) is 0.572. The van der Waals surface area contributed by atoms with Crippen LogP contribution in [0.25, 0.3) is 6.08 Å². The molecule has 3 rings (SSSR count). The van der Waals surface area contributed by atoms with Crippen LogP contribution in [-0.4, -0.2) is 48.3 Å². The van der Waals surface area contributed by atoms with Crippen molar-refractivity contribution in [3.8, 4) is 5.75 Å². The molecular formula is C23H28N2O4S. The van der Waals surface area contributed by atoms with Crippen LogP contribution in [0, 0.1) is 0 Å². The van der Waals surface area contributed by atoms with E-state index in [9.17, 15) is 13.2 Å². The molecule has 0 aliphatic carbocycles. The molecule has 1 amide bonds. The lowest BCUT2D eigenvalue weighted by atomic mass is 10.1.